The van der Waals surface area contributed by atoms with Gasteiger partial charge in [-0.15, -0.1) is 5.10 Å². The first-order valence-corrected chi connectivity index (χ1v) is 3.99. The summed E-state index contributed by atoms with van der Waals surface area (Å²) in [5, 5.41) is 10.8. The molecular formula is C8H10N3O. The van der Waals surface area contributed by atoms with Crippen molar-refractivity contribution in [2.24, 2.45) is 0 Å². The summed E-state index contributed by atoms with van der Waals surface area (Å²) < 4.78 is 5.49. The van der Waals surface area contributed by atoms with Crippen LogP contribution in [0, 0.1) is 6.20 Å². The van der Waals surface area contributed by atoms with Gasteiger partial charge < -0.3 is 10.1 Å². The zero-order chi connectivity index (χ0) is 8.23. The molecule has 0 aromatic carbocycles. The molecule has 0 amide bonds. The van der Waals surface area contributed by atoms with Crippen molar-refractivity contribution in [1.29, 1.82) is 0 Å². The minimum atomic E-state index is 0.0563. The Kier molecular flexibility index (Phi) is 2.29. The molecule has 1 unspecified atom stereocenters. The van der Waals surface area contributed by atoms with E-state index in [4.69, 9.17) is 4.74 Å². The third-order valence-corrected chi connectivity index (χ3v) is 1.81. The summed E-state index contributed by atoms with van der Waals surface area (Å²) in [6.07, 6.45) is 2.69. The Morgan fingerprint density at radius 1 is 1.67 bits per heavy atom. The highest BCUT2D eigenvalue weighted by Gasteiger charge is 2.16. The van der Waals surface area contributed by atoms with E-state index in [1.165, 1.54) is 0 Å². The van der Waals surface area contributed by atoms with Crippen LogP contribution in [0.3, 0.4) is 0 Å². The molecule has 4 heteroatoms. The Hall–Kier alpha value is -1.00. The molecule has 1 saturated heterocycles. The fourth-order valence-electron chi connectivity index (χ4n) is 1.20. The van der Waals surface area contributed by atoms with Crippen molar-refractivity contribution in [1.82, 2.24) is 15.5 Å². The summed E-state index contributed by atoms with van der Waals surface area (Å²) in [5.74, 6) is 0. The molecular weight excluding hydrogens is 154 g/mol. The van der Waals surface area contributed by atoms with Gasteiger partial charge in [-0.05, 0) is 12.1 Å². The van der Waals surface area contributed by atoms with Crippen LogP contribution in [0.2, 0.25) is 0 Å². The van der Waals surface area contributed by atoms with E-state index in [9.17, 15) is 0 Å². The maximum atomic E-state index is 5.49. The summed E-state index contributed by atoms with van der Waals surface area (Å²) in [5.41, 5.74) is 0.876. The minimum absolute atomic E-state index is 0.0563. The number of ether oxygens (including phenoxy) is 1. The summed E-state index contributed by atoms with van der Waals surface area (Å²) >= 11 is 0. The standard InChI is InChI=1S/C8H10N3O/c1-2-7(11-10-3-1)8-6-9-4-5-12-8/h1-2,8-9H,4-6H2. The maximum Gasteiger partial charge on any atom is 0.114 e. The molecule has 1 aliphatic heterocycles. The highest BCUT2D eigenvalue weighted by atomic mass is 16.5. The lowest BCUT2D eigenvalue weighted by Crippen LogP contribution is -2.33. The maximum absolute atomic E-state index is 5.49. The first-order valence-electron chi connectivity index (χ1n) is 3.99. The van der Waals surface area contributed by atoms with Crippen LogP contribution in [0.5, 0.6) is 0 Å². The minimum Gasteiger partial charge on any atom is -0.369 e. The van der Waals surface area contributed by atoms with Gasteiger partial charge >= 0.3 is 0 Å². The predicted molar refractivity (Wildman–Crippen MR) is 42.4 cm³/mol. The van der Waals surface area contributed by atoms with E-state index in [2.05, 4.69) is 21.7 Å². The predicted octanol–water partition coefficient (Wildman–Crippen LogP) is -0.0623. The molecule has 2 heterocycles. The van der Waals surface area contributed by atoms with Gasteiger partial charge in [-0.1, -0.05) is 0 Å². The van der Waals surface area contributed by atoms with Gasteiger partial charge in [-0.2, -0.15) is 5.10 Å². The van der Waals surface area contributed by atoms with Gasteiger partial charge in [0.15, 0.2) is 0 Å². The molecule has 1 N–H and O–H groups in total. The second-order valence-corrected chi connectivity index (χ2v) is 2.65. The third kappa shape index (κ3) is 1.60. The Morgan fingerprint density at radius 2 is 2.67 bits per heavy atom. The molecule has 1 aromatic rings. The Bertz CT molecular complexity index is 233. The van der Waals surface area contributed by atoms with Crippen molar-refractivity contribution in [3.63, 3.8) is 0 Å². The summed E-state index contributed by atoms with van der Waals surface area (Å²) in [4.78, 5) is 0. The largest absolute Gasteiger partial charge is 0.369 e. The molecule has 1 aromatic heterocycles. The average molecular weight is 164 g/mol. The zero-order valence-electron chi connectivity index (χ0n) is 6.66. The van der Waals surface area contributed by atoms with E-state index >= 15 is 0 Å². The van der Waals surface area contributed by atoms with E-state index in [0.717, 1.165) is 25.4 Å². The van der Waals surface area contributed by atoms with Crippen LogP contribution in [-0.2, 0) is 4.74 Å². The summed E-state index contributed by atoms with van der Waals surface area (Å²) in [6, 6.07) is 3.63. The lowest BCUT2D eigenvalue weighted by Gasteiger charge is -2.22. The van der Waals surface area contributed by atoms with Crippen LogP contribution in [0.1, 0.15) is 11.8 Å². The van der Waals surface area contributed by atoms with Crippen molar-refractivity contribution >= 4 is 0 Å². The molecule has 63 valence electrons. The smallest absolute Gasteiger partial charge is 0.114 e. The van der Waals surface area contributed by atoms with Gasteiger partial charge in [-0.3, -0.25) is 0 Å². The van der Waals surface area contributed by atoms with Crippen LogP contribution in [0.15, 0.2) is 12.1 Å². The molecule has 12 heavy (non-hydrogen) atoms. The number of hydrogen-bond donors (Lipinski definition) is 1. The van der Waals surface area contributed by atoms with E-state index in [1.807, 2.05) is 6.07 Å². The first kappa shape index (κ1) is 7.64. The fraction of sp³-hybridized carbons (Fsp3) is 0.500. The van der Waals surface area contributed by atoms with Gasteiger partial charge in [-0.25, -0.2) is 0 Å². The van der Waals surface area contributed by atoms with Crippen LogP contribution in [0.25, 0.3) is 0 Å². The Morgan fingerprint density at radius 3 is 3.33 bits per heavy atom. The van der Waals surface area contributed by atoms with E-state index < -0.39 is 0 Å². The molecule has 4 nitrogen and oxygen atoms in total. The first-order chi connectivity index (χ1) is 5.97. The van der Waals surface area contributed by atoms with Gasteiger partial charge in [0.25, 0.3) is 0 Å². The quantitative estimate of drug-likeness (QED) is 0.631. The molecule has 0 spiro atoms. The van der Waals surface area contributed by atoms with Crippen molar-refractivity contribution in [2.75, 3.05) is 19.7 Å². The van der Waals surface area contributed by atoms with Gasteiger partial charge in [0.2, 0.25) is 0 Å². The molecule has 2 rings (SSSR count). The lowest BCUT2D eigenvalue weighted by atomic mass is 10.2. The van der Waals surface area contributed by atoms with Gasteiger partial charge in [0.1, 0.15) is 12.3 Å². The molecule has 1 aliphatic rings. The molecule has 0 aliphatic carbocycles. The van der Waals surface area contributed by atoms with Crippen LogP contribution in [-0.4, -0.2) is 29.9 Å². The lowest BCUT2D eigenvalue weighted by molar-refractivity contribution is 0.0245. The normalized spacial score (nSPS) is 23.8. The summed E-state index contributed by atoms with van der Waals surface area (Å²) in [7, 11) is 0. The average Bonchev–Trinajstić information content (AvgIpc) is 2.21. The number of nitrogens with one attached hydrogen (secondary N) is 1. The van der Waals surface area contributed by atoms with Crippen LogP contribution in [0.4, 0.5) is 0 Å². The number of hydrogen-bond acceptors (Lipinski definition) is 4. The molecule has 0 bridgehead atoms. The third-order valence-electron chi connectivity index (χ3n) is 1.81. The second kappa shape index (κ2) is 3.60. The monoisotopic (exact) mass is 164 g/mol. The molecule has 1 radical (unpaired) electrons. The highest BCUT2D eigenvalue weighted by molar-refractivity contribution is 5.03. The second-order valence-electron chi connectivity index (χ2n) is 2.65. The topological polar surface area (TPSA) is 47.0 Å². The van der Waals surface area contributed by atoms with Crippen molar-refractivity contribution in [3.8, 4) is 0 Å². The summed E-state index contributed by atoms with van der Waals surface area (Å²) in [6.45, 7) is 2.48. The molecule has 1 fully saturated rings. The number of aromatic nitrogens is 2. The molecule has 1 atom stereocenters. The van der Waals surface area contributed by atoms with E-state index in [-0.39, 0.29) is 6.10 Å². The fourth-order valence-corrected chi connectivity index (χ4v) is 1.20. The SMILES string of the molecule is [c]1ccc(C2CNCCO2)nn1. The van der Waals surface area contributed by atoms with E-state index in [0.29, 0.717) is 0 Å². The Balaban J connectivity index is 2.08. The zero-order valence-corrected chi connectivity index (χ0v) is 6.66. The van der Waals surface area contributed by atoms with Gasteiger partial charge in [0, 0.05) is 13.1 Å². The number of morpholine rings is 1. The Labute approximate surface area is 71.0 Å². The van der Waals surface area contributed by atoms with E-state index in [1.54, 1.807) is 6.07 Å². The number of nitrogens with zero attached hydrogens (tertiary/aromatic N) is 2. The van der Waals surface area contributed by atoms with Crippen molar-refractivity contribution in [3.05, 3.63) is 24.0 Å². The highest BCUT2D eigenvalue weighted by Crippen LogP contribution is 2.14. The number of rotatable bonds is 1. The van der Waals surface area contributed by atoms with Crippen molar-refractivity contribution in [2.45, 2.75) is 6.10 Å². The van der Waals surface area contributed by atoms with Crippen LogP contribution >= 0.6 is 0 Å². The van der Waals surface area contributed by atoms with Gasteiger partial charge in [0.05, 0.1) is 12.3 Å². The molecule has 0 saturated carbocycles. The van der Waals surface area contributed by atoms with Crippen molar-refractivity contribution < 1.29 is 4.74 Å². The van der Waals surface area contributed by atoms with Crippen LogP contribution < -0.4 is 5.32 Å².